The molecule has 0 aliphatic rings. The van der Waals surface area contributed by atoms with E-state index >= 15 is 0 Å². The Morgan fingerprint density at radius 1 is 1.29 bits per heavy atom. The van der Waals surface area contributed by atoms with E-state index in [2.05, 4.69) is 5.32 Å². The number of benzene rings is 1. The Hall–Kier alpha value is -1.23. The number of amides is 1. The second kappa shape index (κ2) is 4.96. The third-order valence-electron chi connectivity index (χ3n) is 2.09. The molecule has 2 rings (SSSR count). The molecule has 3 N–H and O–H groups in total. The van der Waals surface area contributed by atoms with Crippen molar-refractivity contribution in [2.45, 2.75) is 0 Å². The highest BCUT2D eigenvalue weighted by Crippen LogP contribution is 2.33. The molecule has 0 radical (unpaired) electrons. The normalized spacial score (nSPS) is 10.2. The van der Waals surface area contributed by atoms with Crippen LogP contribution in [0.4, 0.5) is 11.4 Å². The van der Waals surface area contributed by atoms with Crippen LogP contribution in [0, 0.1) is 0 Å². The summed E-state index contributed by atoms with van der Waals surface area (Å²) in [5, 5.41) is 6.86. The zero-order valence-electron chi connectivity index (χ0n) is 8.54. The minimum absolute atomic E-state index is 0.250. The standard InChI is InChI=1S/C11H8Cl2N2OS/c12-8-3-7(14)4-9(13)10(8)15-11(16)6-1-2-17-5-6/h1-5H,14H2,(H,15,16). The number of rotatable bonds is 2. The maximum Gasteiger partial charge on any atom is 0.256 e. The van der Waals surface area contributed by atoms with Gasteiger partial charge in [-0.1, -0.05) is 23.2 Å². The summed E-state index contributed by atoms with van der Waals surface area (Å²) in [6, 6.07) is 4.80. The van der Waals surface area contributed by atoms with Gasteiger partial charge in [0.15, 0.2) is 0 Å². The van der Waals surface area contributed by atoms with E-state index in [1.165, 1.54) is 23.5 Å². The fraction of sp³-hybridized carbons (Fsp3) is 0. The molecule has 0 fully saturated rings. The highest BCUT2D eigenvalue weighted by molar-refractivity contribution is 7.08. The van der Waals surface area contributed by atoms with Gasteiger partial charge in [0, 0.05) is 11.1 Å². The second-order valence-electron chi connectivity index (χ2n) is 3.33. The number of thiophene rings is 1. The number of nitrogen functional groups attached to an aromatic ring is 1. The first-order valence-electron chi connectivity index (χ1n) is 4.66. The van der Waals surface area contributed by atoms with E-state index < -0.39 is 0 Å². The molecule has 1 amide bonds. The molecule has 6 heteroatoms. The number of carbonyl (C=O) groups is 1. The van der Waals surface area contributed by atoms with Gasteiger partial charge in [-0.25, -0.2) is 0 Å². The molecule has 0 aliphatic carbocycles. The van der Waals surface area contributed by atoms with E-state index in [1.54, 1.807) is 11.4 Å². The molecule has 1 aromatic carbocycles. The number of hydrogen-bond donors (Lipinski definition) is 2. The molecule has 0 unspecified atom stereocenters. The van der Waals surface area contributed by atoms with E-state index in [0.29, 0.717) is 27.0 Å². The Morgan fingerprint density at radius 2 is 1.94 bits per heavy atom. The second-order valence-corrected chi connectivity index (χ2v) is 4.92. The van der Waals surface area contributed by atoms with Crippen molar-refractivity contribution in [2.75, 3.05) is 11.1 Å². The quantitative estimate of drug-likeness (QED) is 0.823. The predicted octanol–water partition coefficient (Wildman–Crippen LogP) is 3.89. The number of nitrogens with one attached hydrogen (secondary N) is 1. The van der Waals surface area contributed by atoms with Crippen molar-refractivity contribution in [1.82, 2.24) is 0 Å². The molecule has 0 bridgehead atoms. The highest BCUT2D eigenvalue weighted by Gasteiger charge is 2.12. The Labute approximate surface area is 112 Å². The lowest BCUT2D eigenvalue weighted by atomic mass is 10.2. The van der Waals surface area contributed by atoms with Gasteiger partial charge in [-0.05, 0) is 23.6 Å². The molecule has 88 valence electrons. The molecular formula is C11H8Cl2N2OS. The van der Waals surface area contributed by atoms with Crippen LogP contribution in [0.15, 0.2) is 29.0 Å². The molecule has 0 atom stereocenters. The molecule has 1 heterocycles. The first-order valence-corrected chi connectivity index (χ1v) is 6.36. The fourth-order valence-electron chi connectivity index (χ4n) is 1.29. The summed E-state index contributed by atoms with van der Waals surface area (Å²) < 4.78 is 0. The van der Waals surface area contributed by atoms with Gasteiger partial charge in [-0.2, -0.15) is 11.3 Å². The van der Waals surface area contributed by atoms with E-state index in [1.807, 2.05) is 5.38 Å². The molecule has 0 saturated heterocycles. The lowest BCUT2D eigenvalue weighted by Crippen LogP contribution is -2.11. The summed E-state index contributed by atoms with van der Waals surface area (Å²) in [6.07, 6.45) is 0. The van der Waals surface area contributed by atoms with Crippen molar-refractivity contribution in [3.05, 3.63) is 44.6 Å². The smallest absolute Gasteiger partial charge is 0.256 e. The Bertz CT molecular complexity index is 532. The van der Waals surface area contributed by atoms with Crippen LogP contribution in [0.2, 0.25) is 10.0 Å². The van der Waals surface area contributed by atoms with Crippen LogP contribution in [-0.4, -0.2) is 5.91 Å². The first kappa shape index (κ1) is 12.2. The molecule has 0 saturated carbocycles. The molecule has 3 nitrogen and oxygen atoms in total. The van der Waals surface area contributed by atoms with Crippen molar-refractivity contribution in [3.8, 4) is 0 Å². The summed E-state index contributed by atoms with van der Waals surface area (Å²) in [6.45, 7) is 0. The number of nitrogens with two attached hydrogens (primary N) is 1. The van der Waals surface area contributed by atoms with Crippen molar-refractivity contribution in [3.63, 3.8) is 0 Å². The molecule has 17 heavy (non-hydrogen) atoms. The van der Waals surface area contributed by atoms with Crippen LogP contribution >= 0.6 is 34.5 Å². The van der Waals surface area contributed by atoms with Crippen LogP contribution in [0.3, 0.4) is 0 Å². The molecule has 2 aromatic rings. The van der Waals surface area contributed by atoms with Gasteiger partial charge in [-0.15, -0.1) is 0 Å². The molecule has 0 spiro atoms. The van der Waals surface area contributed by atoms with Crippen LogP contribution in [0.5, 0.6) is 0 Å². The van der Waals surface area contributed by atoms with Crippen LogP contribution in [0.25, 0.3) is 0 Å². The van der Waals surface area contributed by atoms with Gasteiger partial charge >= 0.3 is 0 Å². The zero-order chi connectivity index (χ0) is 12.4. The van der Waals surface area contributed by atoms with Gasteiger partial charge in [0.25, 0.3) is 5.91 Å². The lowest BCUT2D eigenvalue weighted by Gasteiger charge is -2.09. The average molecular weight is 287 g/mol. The largest absolute Gasteiger partial charge is 0.399 e. The lowest BCUT2D eigenvalue weighted by molar-refractivity contribution is 0.102. The minimum Gasteiger partial charge on any atom is -0.399 e. The number of hydrogen-bond acceptors (Lipinski definition) is 3. The minimum atomic E-state index is -0.250. The Kier molecular flexibility index (Phi) is 3.57. The number of carbonyl (C=O) groups excluding carboxylic acids is 1. The topological polar surface area (TPSA) is 55.1 Å². The summed E-state index contributed by atoms with van der Waals surface area (Å²) in [5.74, 6) is -0.250. The van der Waals surface area contributed by atoms with E-state index in [0.717, 1.165) is 0 Å². The van der Waals surface area contributed by atoms with Crippen molar-refractivity contribution in [2.24, 2.45) is 0 Å². The maximum absolute atomic E-state index is 11.8. The molecule has 0 aliphatic heterocycles. The number of anilines is 2. The first-order chi connectivity index (χ1) is 8.08. The van der Waals surface area contributed by atoms with E-state index in [4.69, 9.17) is 28.9 Å². The third kappa shape index (κ3) is 2.72. The monoisotopic (exact) mass is 286 g/mol. The fourth-order valence-corrected chi connectivity index (χ4v) is 2.53. The van der Waals surface area contributed by atoms with Crippen LogP contribution < -0.4 is 11.1 Å². The van der Waals surface area contributed by atoms with Gasteiger partial charge in [0.2, 0.25) is 0 Å². The third-order valence-corrected chi connectivity index (χ3v) is 3.37. The van der Waals surface area contributed by atoms with Crippen LogP contribution in [-0.2, 0) is 0 Å². The van der Waals surface area contributed by atoms with Gasteiger partial charge < -0.3 is 11.1 Å². The summed E-state index contributed by atoms with van der Waals surface area (Å²) in [5.41, 5.74) is 6.97. The van der Waals surface area contributed by atoms with Gasteiger partial charge in [0.05, 0.1) is 21.3 Å². The summed E-state index contributed by atoms with van der Waals surface area (Å²) >= 11 is 13.4. The van der Waals surface area contributed by atoms with Gasteiger partial charge in [-0.3, -0.25) is 4.79 Å². The maximum atomic E-state index is 11.8. The van der Waals surface area contributed by atoms with E-state index in [-0.39, 0.29) is 5.91 Å². The average Bonchev–Trinajstić information content (AvgIpc) is 2.76. The SMILES string of the molecule is Nc1cc(Cl)c(NC(=O)c2ccsc2)c(Cl)c1. The van der Waals surface area contributed by atoms with Crippen molar-refractivity contribution < 1.29 is 4.79 Å². The summed E-state index contributed by atoms with van der Waals surface area (Å²) in [7, 11) is 0. The highest BCUT2D eigenvalue weighted by atomic mass is 35.5. The molecule has 1 aromatic heterocycles. The van der Waals surface area contributed by atoms with E-state index in [9.17, 15) is 4.79 Å². The Balaban J connectivity index is 2.28. The predicted molar refractivity (Wildman–Crippen MR) is 73.1 cm³/mol. The Morgan fingerprint density at radius 3 is 2.47 bits per heavy atom. The number of halogens is 2. The van der Waals surface area contributed by atoms with Crippen molar-refractivity contribution >= 4 is 51.8 Å². The molecular weight excluding hydrogens is 279 g/mol. The summed E-state index contributed by atoms with van der Waals surface area (Å²) in [4.78, 5) is 11.8. The zero-order valence-corrected chi connectivity index (χ0v) is 10.9. The van der Waals surface area contributed by atoms with Crippen LogP contribution in [0.1, 0.15) is 10.4 Å². The van der Waals surface area contributed by atoms with Gasteiger partial charge in [0.1, 0.15) is 0 Å². The van der Waals surface area contributed by atoms with Crippen molar-refractivity contribution in [1.29, 1.82) is 0 Å².